The molecule has 4 saturated carbocycles. The number of rotatable bonds is 3. The summed E-state index contributed by atoms with van der Waals surface area (Å²) < 4.78 is 5.96. The Labute approximate surface area is 147 Å². The van der Waals surface area contributed by atoms with Crippen LogP contribution < -0.4 is 9.42 Å². The predicted octanol–water partition coefficient (Wildman–Crippen LogP) is 5.17. The van der Waals surface area contributed by atoms with Crippen LogP contribution in [0.15, 0.2) is 30.3 Å². The van der Waals surface area contributed by atoms with Gasteiger partial charge in [0.15, 0.2) is 5.75 Å². The van der Waals surface area contributed by atoms with E-state index in [0.29, 0.717) is 0 Å². The van der Waals surface area contributed by atoms with Crippen molar-refractivity contribution in [2.24, 2.45) is 28.6 Å². The summed E-state index contributed by atoms with van der Waals surface area (Å²) >= 11 is 0. The van der Waals surface area contributed by atoms with Gasteiger partial charge in [0.1, 0.15) is 5.29 Å². The molecule has 4 bridgehead atoms. The smallest absolute Gasteiger partial charge is 0.277 e. The van der Waals surface area contributed by atoms with Crippen LogP contribution in [0, 0.1) is 28.6 Å². The molecule has 0 radical (unpaired) electrons. The van der Waals surface area contributed by atoms with Crippen molar-refractivity contribution in [1.29, 1.82) is 0 Å². The molecule has 1 aromatic carbocycles. The Morgan fingerprint density at radius 3 is 1.96 bits per heavy atom. The van der Waals surface area contributed by atoms with Crippen LogP contribution in [0.1, 0.15) is 59.3 Å². The zero-order valence-electron chi connectivity index (χ0n) is 15.1. The molecule has 2 nitrogen and oxygen atoms in total. The van der Waals surface area contributed by atoms with Gasteiger partial charge in [0.2, 0.25) is 0 Å². The quantitative estimate of drug-likeness (QED) is 0.708. The second kappa shape index (κ2) is 5.85. The van der Waals surface area contributed by atoms with Gasteiger partial charge in [-0.25, -0.2) is 0 Å². The molecule has 0 heterocycles. The maximum Gasteiger partial charge on any atom is 0.277 e. The number of benzene rings is 1. The molecule has 0 aliphatic heterocycles. The molecule has 0 saturated heterocycles. The monoisotopic (exact) mass is 344 g/mol. The lowest BCUT2D eigenvalue weighted by molar-refractivity contribution is -0.166. The highest BCUT2D eigenvalue weighted by molar-refractivity contribution is 7.47. The van der Waals surface area contributed by atoms with Gasteiger partial charge in [0.25, 0.3) is 8.00 Å². The van der Waals surface area contributed by atoms with E-state index in [4.69, 9.17) is 4.52 Å². The molecule has 4 aliphatic carbocycles. The molecular weight excluding hydrogens is 315 g/mol. The standard InChI is InChI=1S/C21H29O2P/c1-20(2,3)19(24(22)23-18-7-5-4-6-8-18)21-12-15-9-16(13-21)11-17(10-15)14-21/h4-8,15-17H,9-14H2,1-3H3. The van der Waals surface area contributed by atoms with Crippen LogP contribution >= 0.6 is 8.00 Å². The molecule has 0 spiro atoms. The predicted molar refractivity (Wildman–Crippen MR) is 99.1 cm³/mol. The summed E-state index contributed by atoms with van der Waals surface area (Å²) in [5.74, 6) is 3.29. The minimum Gasteiger partial charge on any atom is -0.595 e. The molecular formula is C21H29O2P. The average Bonchev–Trinajstić information content (AvgIpc) is 2.44. The third kappa shape index (κ3) is 2.93. The molecule has 0 amide bonds. The van der Waals surface area contributed by atoms with Crippen molar-refractivity contribution in [3.8, 4) is 5.75 Å². The van der Waals surface area contributed by atoms with E-state index in [1.807, 2.05) is 30.3 Å². The molecule has 4 fully saturated rings. The van der Waals surface area contributed by atoms with E-state index < -0.39 is 8.00 Å². The third-order valence-corrected chi connectivity index (χ3v) is 8.25. The average molecular weight is 344 g/mol. The summed E-state index contributed by atoms with van der Waals surface area (Å²) in [7, 11) is -1.80. The first-order valence-corrected chi connectivity index (χ1v) is 10.6. The second-order valence-electron chi connectivity index (χ2n) is 9.46. The molecule has 0 N–H and O–H groups in total. The fourth-order valence-corrected chi connectivity index (χ4v) is 7.90. The molecule has 3 heteroatoms. The Morgan fingerprint density at radius 2 is 1.50 bits per heavy atom. The number of para-hydroxylation sites is 1. The van der Waals surface area contributed by atoms with Crippen molar-refractivity contribution in [3.05, 3.63) is 30.3 Å². The van der Waals surface area contributed by atoms with E-state index in [-0.39, 0.29) is 10.8 Å². The van der Waals surface area contributed by atoms with Crippen molar-refractivity contribution < 1.29 is 9.42 Å². The molecule has 24 heavy (non-hydrogen) atoms. The van der Waals surface area contributed by atoms with E-state index >= 15 is 0 Å². The van der Waals surface area contributed by atoms with Gasteiger partial charge in [-0.1, -0.05) is 39.0 Å². The van der Waals surface area contributed by atoms with Crippen LogP contribution in [0.5, 0.6) is 5.75 Å². The highest BCUT2D eigenvalue weighted by Crippen LogP contribution is 2.63. The Hall–Kier alpha value is -0.850. The first kappa shape index (κ1) is 16.6. The Kier molecular flexibility index (Phi) is 4.05. The van der Waals surface area contributed by atoms with Crippen LogP contribution in [0.25, 0.3) is 0 Å². The van der Waals surface area contributed by atoms with E-state index in [2.05, 4.69) is 20.8 Å². The van der Waals surface area contributed by atoms with Gasteiger partial charge in [-0.05, 0) is 68.4 Å². The maximum atomic E-state index is 13.4. The van der Waals surface area contributed by atoms with E-state index in [9.17, 15) is 4.89 Å². The summed E-state index contributed by atoms with van der Waals surface area (Å²) in [5.41, 5.74) is 0.0864. The number of hydrogen-bond acceptors (Lipinski definition) is 2. The van der Waals surface area contributed by atoms with Crippen molar-refractivity contribution in [3.63, 3.8) is 0 Å². The summed E-state index contributed by atoms with van der Waals surface area (Å²) in [4.78, 5) is 13.4. The zero-order valence-corrected chi connectivity index (χ0v) is 16.0. The van der Waals surface area contributed by atoms with Crippen molar-refractivity contribution >= 4 is 13.3 Å². The van der Waals surface area contributed by atoms with Crippen molar-refractivity contribution in [1.82, 2.24) is 0 Å². The summed E-state index contributed by atoms with van der Waals surface area (Å²) in [6.07, 6.45) is 7.95. The van der Waals surface area contributed by atoms with Gasteiger partial charge in [-0.3, -0.25) is 4.52 Å². The van der Waals surface area contributed by atoms with Gasteiger partial charge in [0, 0.05) is 10.8 Å². The minimum absolute atomic E-state index is 0.0755. The molecule has 4 aliphatic rings. The lowest BCUT2D eigenvalue weighted by Crippen LogP contribution is -2.53. The van der Waals surface area contributed by atoms with Crippen molar-refractivity contribution in [2.75, 3.05) is 0 Å². The normalized spacial score (nSPS) is 35.8. The van der Waals surface area contributed by atoms with Crippen molar-refractivity contribution in [2.45, 2.75) is 59.3 Å². The van der Waals surface area contributed by atoms with Gasteiger partial charge >= 0.3 is 0 Å². The van der Waals surface area contributed by atoms with Gasteiger partial charge in [-0.15, -0.1) is 0 Å². The van der Waals surface area contributed by atoms with Crippen LogP contribution in [-0.4, -0.2) is 5.29 Å². The fourth-order valence-electron chi connectivity index (χ4n) is 6.29. The Balaban J connectivity index is 1.73. The SMILES string of the molecule is CC(C)(C)/C(=[P+](/[O-])Oc1ccccc1)C12CC3CC(CC(C3)C1)C2. The first-order chi connectivity index (χ1) is 11.4. The van der Waals surface area contributed by atoms with Crippen LogP contribution in [0.4, 0.5) is 0 Å². The molecule has 1 aromatic rings. The molecule has 0 aromatic heterocycles. The lowest BCUT2D eigenvalue weighted by atomic mass is 9.47. The van der Waals surface area contributed by atoms with E-state index in [1.54, 1.807) is 0 Å². The zero-order chi connectivity index (χ0) is 16.9. The highest BCUT2D eigenvalue weighted by Gasteiger charge is 2.58. The summed E-state index contributed by atoms with van der Waals surface area (Å²) in [6.45, 7) is 6.67. The topological polar surface area (TPSA) is 32.3 Å². The van der Waals surface area contributed by atoms with Gasteiger partial charge in [0.05, 0.1) is 0 Å². The van der Waals surface area contributed by atoms with Crippen LogP contribution in [0.3, 0.4) is 0 Å². The van der Waals surface area contributed by atoms with Crippen LogP contribution in [-0.2, 0) is 0 Å². The van der Waals surface area contributed by atoms with Gasteiger partial charge in [-0.2, -0.15) is 0 Å². The maximum absolute atomic E-state index is 13.4. The second-order valence-corrected chi connectivity index (χ2v) is 10.6. The fraction of sp³-hybridized carbons (Fsp3) is 0.667. The molecule has 1 unspecified atom stereocenters. The number of hydrogen-bond donors (Lipinski definition) is 0. The van der Waals surface area contributed by atoms with E-state index in [0.717, 1.165) is 23.5 Å². The Morgan fingerprint density at radius 1 is 1.00 bits per heavy atom. The van der Waals surface area contributed by atoms with Crippen LogP contribution in [0.2, 0.25) is 0 Å². The lowest BCUT2D eigenvalue weighted by Gasteiger charge is -2.57. The molecule has 130 valence electrons. The highest BCUT2D eigenvalue weighted by atomic mass is 31.1. The third-order valence-electron chi connectivity index (χ3n) is 6.37. The van der Waals surface area contributed by atoms with Gasteiger partial charge < -0.3 is 4.89 Å². The molecule has 1 atom stereocenters. The van der Waals surface area contributed by atoms with E-state index in [1.165, 1.54) is 43.8 Å². The Bertz CT molecular complexity index is 606. The summed E-state index contributed by atoms with van der Waals surface area (Å²) in [5, 5.41) is 1.20. The largest absolute Gasteiger partial charge is 0.595 e. The first-order valence-electron chi connectivity index (χ1n) is 9.44. The molecule has 5 rings (SSSR count). The minimum atomic E-state index is -1.80. The summed E-state index contributed by atoms with van der Waals surface area (Å²) in [6, 6.07) is 9.67.